The highest BCUT2D eigenvalue weighted by Crippen LogP contribution is 2.31. The molecule has 8 heteroatoms. The third-order valence-corrected chi connectivity index (χ3v) is 6.53. The highest BCUT2D eigenvalue weighted by Gasteiger charge is 2.25. The number of amides is 2. The second kappa shape index (κ2) is 10.1. The summed E-state index contributed by atoms with van der Waals surface area (Å²) in [7, 11) is 1.63. The van der Waals surface area contributed by atoms with Crippen molar-refractivity contribution in [3.8, 4) is 17.0 Å². The molecule has 2 aromatic carbocycles. The summed E-state index contributed by atoms with van der Waals surface area (Å²) in [5.74, 6) is 0.0665. The molecule has 4 aromatic rings. The lowest BCUT2D eigenvalue weighted by molar-refractivity contribution is -0.128. The molecule has 0 radical (unpaired) electrons. The zero-order valence-electron chi connectivity index (χ0n) is 19.6. The van der Waals surface area contributed by atoms with Gasteiger partial charge in [-0.15, -0.1) is 11.3 Å². The van der Waals surface area contributed by atoms with E-state index in [0.29, 0.717) is 11.6 Å². The molecule has 176 valence electrons. The second-order valence-electron chi connectivity index (χ2n) is 8.42. The molecule has 2 amide bonds. The van der Waals surface area contributed by atoms with E-state index in [1.54, 1.807) is 21.0 Å². The zero-order valence-corrected chi connectivity index (χ0v) is 20.5. The normalized spacial score (nSPS) is 12.0. The molecule has 3 N–H and O–H groups in total. The molecule has 0 bridgehead atoms. The number of benzene rings is 2. The molecule has 0 saturated heterocycles. The van der Waals surface area contributed by atoms with Crippen molar-refractivity contribution in [3.63, 3.8) is 0 Å². The van der Waals surface area contributed by atoms with Crippen LogP contribution in [0.4, 0.5) is 5.13 Å². The maximum absolute atomic E-state index is 13.3. The summed E-state index contributed by atoms with van der Waals surface area (Å²) in [6, 6.07) is 14.8. The average molecular weight is 477 g/mol. The lowest BCUT2D eigenvalue weighted by Crippen LogP contribution is -2.46. The second-order valence-corrected chi connectivity index (χ2v) is 9.62. The summed E-state index contributed by atoms with van der Waals surface area (Å²) in [4.78, 5) is 34.6. The maximum atomic E-state index is 13.3. The largest absolute Gasteiger partial charge is 0.497 e. The van der Waals surface area contributed by atoms with E-state index >= 15 is 0 Å². The number of ether oxygens (including phenoxy) is 1. The Morgan fingerprint density at radius 1 is 1.09 bits per heavy atom. The van der Waals surface area contributed by atoms with E-state index in [4.69, 9.17) is 4.74 Å². The minimum absolute atomic E-state index is 0.172. The number of hydrogen-bond donors (Lipinski definition) is 3. The van der Waals surface area contributed by atoms with Gasteiger partial charge < -0.3 is 20.4 Å². The third kappa shape index (κ3) is 5.12. The van der Waals surface area contributed by atoms with Gasteiger partial charge in [-0.1, -0.05) is 32.0 Å². The Morgan fingerprint density at radius 3 is 2.53 bits per heavy atom. The zero-order chi connectivity index (χ0) is 24.2. The first-order valence-electron chi connectivity index (χ1n) is 11.1. The number of H-pyrrole nitrogens is 1. The molecule has 0 saturated carbocycles. The molecule has 34 heavy (non-hydrogen) atoms. The first-order chi connectivity index (χ1) is 16.4. The van der Waals surface area contributed by atoms with Crippen molar-refractivity contribution >= 4 is 39.2 Å². The highest BCUT2D eigenvalue weighted by atomic mass is 32.1. The monoisotopic (exact) mass is 476 g/mol. The number of thiazole rings is 1. The number of nitrogens with one attached hydrogen (secondary N) is 3. The number of rotatable bonds is 8. The van der Waals surface area contributed by atoms with Crippen molar-refractivity contribution < 1.29 is 14.3 Å². The molecule has 1 atom stereocenters. The van der Waals surface area contributed by atoms with Crippen LogP contribution in [0.2, 0.25) is 0 Å². The molecule has 0 fully saturated rings. The van der Waals surface area contributed by atoms with Crippen molar-refractivity contribution in [2.45, 2.75) is 33.2 Å². The number of aromatic amines is 1. The molecular formula is C26H28N4O3S. The predicted molar refractivity (Wildman–Crippen MR) is 136 cm³/mol. The van der Waals surface area contributed by atoms with Crippen LogP contribution in [0.3, 0.4) is 0 Å². The van der Waals surface area contributed by atoms with E-state index in [9.17, 15) is 9.59 Å². The lowest BCUT2D eigenvalue weighted by atomic mass is 10.0. The van der Waals surface area contributed by atoms with Crippen LogP contribution in [0, 0.1) is 12.8 Å². The van der Waals surface area contributed by atoms with Gasteiger partial charge >= 0.3 is 0 Å². The predicted octanol–water partition coefficient (Wildman–Crippen LogP) is 4.93. The van der Waals surface area contributed by atoms with Crippen LogP contribution in [-0.2, 0) is 16.0 Å². The Balaban J connectivity index is 1.56. The standard InChI is InChI=1S/C26H28N4O3S/c1-15(2)24(31)28-22(13-18-14-27-21-8-6-5-7-20(18)21)25(32)30-26-29-23(16(3)34-26)17-9-11-19(33-4)12-10-17/h5-12,14-15,22,27H,13H2,1-4H3,(H,28,31)(H,29,30,32). The van der Waals surface area contributed by atoms with Crippen molar-refractivity contribution in [3.05, 3.63) is 65.2 Å². The maximum Gasteiger partial charge on any atom is 0.249 e. The highest BCUT2D eigenvalue weighted by molar-refractivity contribution is 7.16. The van der Waals surface area contributed by atoms with Gasteiger partial charge in [0.1, 0.15) is 11.8 Å². The Morgan fingerprint density at radius 2 is 1.82 bits per heavy atom. The molecule has 0 aliphatic heterocycles. The Kier molecular flexibility index (Phi) is 6.98. The minimum Gasteiger partial charge on any atom is -0.497 e. The van der Waals surface area contributed by atoms with Gasteiger partial charge in [0, 0.05) is 39.9 Å². The van der Waals surface area contributed by atoms with E-state index in [-0.39, 0.29) is 17.7 Å². The first kappa shape index (κ1) is 23.5. The van der Waals surface area contributed by atoms with Gasteiger partial charge in [0.05, 0.1) is 12.8 Å². The number of aromatic nitrogens is 2. The first-order valence-corrected chi connectivity index (χ1v) is 12.0. The fourth-order valence-electron chi connectivity index (χ4n) is 3.73. The van der Waals surface area contributed by atoms with Gasteiger partial charge in [-0.25, -0.2) is 4.98 Å². The van der Waals surface area contributed by atoms with E-state index in [2.05, 4.69) is 20.6 Å². The van der Waals surface area contributed by atoms with Crippen LogP contribution in [0.25, 0.3) is 22.2 Å². The number of methoxy groups -OCH3 is 1. The summed E-state index contributed by atoms with van der Waals surface area (Å²) in [5, 5.41) is 7.35. The molecule has 1 unspecified atom stereocenters. The molecule has 0 aliphatic carbocycles. The van der Waals surface area contributed by atoms with E-state index < -0.39 is 6.04 Å². The number of carbonyl (C=O) groups excluding carboxylic acids is 2. The van der Waals surface area contributed by atoms with Crippen LogP contribution < -0.4 is 15.4 Å². The number of hydrogen-bond acceptors (Lipinski definition) is 5. The van der Waals surface area contributed by atoms with Crippen molar-refractivity contribution in [2.24, 2.45) is 5.92 Å². The summed E-state index contributed by atoms with van der Waals surface area (Å²) in [5.41, 5.74) is 3.71. The Hall–Kier alpha value is -3.65. The summed E-state index contributed by atoms with van der Waals surface area (Å²) in [6.45, 7) is 5.58. The van der Waals surface area contributed by atoms with Gasteiger partial charge in [0.25, 0.3) is 0 Å². The van der Waals surface area contributed by atoms with Crippen LogP contribution in [0.15, 0.2) is 54.7 Å². The van der Waals surface area contributed by atoms with Crippen LogP contribution >= 0.6 is 11.3 Å². The summed E-state index contributed by atoms with van der Waals surface area (Å²) >= 11 is 1.41. The fraction of sp³-hybridized carbons (Fsp3) is 0.269. The van der Waals surface area contributed by atoms with Gasteiger partial charge in [-0.2, -0.15) is 0 Å². The third-order valence-electron chi connectivity index (χ3n) is 5.65. The molecule has 7 nitrogen and oxygen atoms in total. The number of nitrogens with zero attached hydrogens (tertiary/aromatic N) is 1. The van der Waals surface area contributed by atoms with Crippen molar-refractivity contribution in [2.75, 3.05) is 12.4 Å². The Labute approximate surface area is 202 Å². The smallest absolute Gasteiger partial charge is 0.249 e. The average Bonchev–Trinajstić information content (AvgIpc) is 3.41. The van der Waals surface area contributed by atoms with E-state index in [1.165, 1.54) is 11.3 Å². The van der Waals surface area contributed by atoms with Gasteiger partial charge in [-0.05, 0) is 42.8 Å². The number of fused-ring (bicyclic) bond motifs is 1. The number of carbonyl (C=O) groups is 2. The SMILES string of the molecule is COc1ccc(-c2nc(NC(=O)C(Cc3c[nH]c4ccccc34)NC(=O)C(C)C)sc2C)cc1. The van der Waals surface area contributed by atoms with Crippen LogP contribution in [-0.4, -0.2) is 34.9 Å². The van der Waals surface area contributed by atoms with Crippen LogP contribution in [0.1, 0.15) is 24.3 Å². The lowest BCUT2D eigenvalue weighted by Gasteiger charge is -2.19. The summed E-state index contributed by atoms with van der Waals surface area (Å²) in [6.07, 6.45) is 2.26. The van der Waals surface area contributed by atoms with Crippen molar-refractivity contribution in [1.82, 2.24) is 15.3 Å². The molecule has 2 heterocycles. The Bertz CT molecular complexity index is 1310. The number of anilines is 1. The quantitative estimate of drug-likeness (QED) is 0.336. The van der Waals surface area contributed by atoms with Crippen molar-refractivity contribution in [1.29, 1.82) is 0 Å². The number of para-hydroxylation sites is 1. The van der Waals surface area contributed by atoms with Gasteiger partial charge in [0.2, 0.25) is 11.8 Å². The minimum atomic E-state index is -0.734. The topological polar surface area (TPSA) is 96.1 Å². The van der Waals surface area contributed by atoms with Gasteiger partial charge in [-0.3, -0.25) is 9.59 Å². The molecule has 0 aliphatic rings. The molecule has 4 rings (SSSR count). The van der Waals surface area contributed by atoms with Gasteiger partial charge in [0.15, 0.2) is 5.13 Å². The summed E-state index contributed by atoms with van der Waals surface area (Å²) < 4.78 is 5.23. The fourth-order valence-corrected chi connectivity index (χ4v) is 4.57. The van der Waals surface area contributed by atoms with Crippen LogP contribution in [0.5, 0.6) is 5.75 Å². The molecule has 2 aromatic heterocycles. The van der Waals surface area contributed by atoms with E-state index in [1.807, 2.05) is 61.7 Å². The molecule has 0 spiro atoms. The number of aryl methyl sites for hydroxylation is 1. The molecular weight excluding hydrogens is 448 g/mol. The van der Waals surface area contributed by atoms with E-state index in [0.717, 1.165) is 38.4 Å².